The lowest BCUT2D eigenvalue weighted by atomic mass is 10.1. The maximum absolute atomic E-state index is 11.8. The molecule has 0 unspecified atom stereocenters. The van der Waals surface area contributed by atoms with Crippen LogP contribution in [0.1, 0.15) is 21.9 Å². The lowest BCUT2D eigenvalue weighted by Gasteiger charge is -2.15. The van der Waals surface area contributed by atoms with Crippen molar-refractivity contribution in [1.29, 1.82) is 0 Å². The molecule has 0 fully saturated rings. The first-order valence-electron chi connectivity index (χ1n) is 7.18. The Bertz CT molecular complexity index is 979. The summed E-state index contributed by atoms with van der Waals surface area (Å²) in [5.74, 6) is 1.08. The van der Waals surface area contributed by atoms with Gasteiger partial charge in [0.25, 0.3) is 10.9 Å². The van der Waals surface area contributed by atoms with Gasteiger partial charge in [-0.05, 0) is 31.2 Å². The summed E-state index contributed by atoms with van der Waals surface area (Å²) in [6.45, 7) is 2.05. The molecule has 0 bridgehead atoms. The van der Waals surface area contributed by atoms with Gasteiger partial charge in [-0.2, -0.15) is 0 Å². The van der Waals surface area contributed by atoms with Crippen molar-refractivity contribution in [3.8, 4) is 5.75 Å². The molecule has 7 nitrogen and oxygen atoms in total. The van der Waals surface area contributed by atoms with E-state index in [1.54, 1.807) is 25.1 Å². The number of rotatable bonds is 6. The number of aromatic hydroxyl groups is 1. The third kappa shape index (κ3) is 2.67. The monoisotopic (exact) mass is 326 g/mol. The number of hydrogen-bond donors (Lipinski definition) is 3. The SMILES string of the molecule is Cc1ccc(CNc2c(Nc3cccc(C=O)c3O)c(=O)c2=O)o1. The zero-order valence-corrected chi connectivity index (χ0v) is 12.8. The molecule has 1 heterocycles. The molecule has 1 aromatic heterocycles. The lowest BCUT2D eigenvalue weighted by Crippen LogP contribution is -2.36. The Morgan fingerprint density at radius 2 is 1.88 bits per heavy atom. The van der Waals surface area contributed by atoms with E-state index in [9.17, 15) is 19.5 Å². The highest BCUT2D eigenvalue weighted by Crippen LogP contribution is 2.30. The Morgan fingerprint density at radius 1 is 1.12 bits per heavy atom. The number of anilines is 3. The minimum atomic E-state index is -0.691. The molecule has 0 saturated carbocycles. The Labute approximate surface area is 136 Å². The maximum atomic E-state index is 11.8. The van der Waals surface area contributed by atoms with Crippen LogP contribution in [0.4, 0.5) is 17.1 Å². The van der Waals surface area contributed by atoms with E-state index in [0.29, 0.717) is 12.0 Å². The summed E-state index contributed by atoms with van der Waals surface area (Å²) < 4.78 is 5.39. The first-order chi connectivity index (χ1) is 11.5. The number of phenolic OH excluding ortho intramolecular Hbond substituents is 1. The van der Waals surface area contributed by atoms with Gasteiger partial charge in [-0.15, -0.1) is 0 Å². The van der Waals surface area contributed by atoms with Crippen molar-refractivity contribution in [3.63, 3.8) is 0 Å². The van der Waals surface area contributed by atoms with E-state index in [2.05, 4.69) is 10.6 Å². The van der Waals surface area contributed by atoms with Crippen molar-refractivity contribution in [1.82, 2.24) is 0 Å². The van der Waals surface area contributed by atoms with Crippen LogP contribution < -0.4 is 21.5 Å². The van der Waals surface area contributed by atoms with E-state index in [4.69, 9.17) is 4.42 Å². The Kier molecular flexibility index (Phi) is 3.91. The number of benzene rings is 1. The van der Waals surface area contributed by atoms with E-state index in [-0.39, 0.29) is 34.9 Å². The molecule has 0 saturated heterocycles. The normalized spacial score (nSPS) is 10.7. The van der Waals surface area contributed by atoms with Gasteiger partial charge in [0.05, 0.1) is 17.8 Å². The van der Waals surface area contributed by atoms with E-state index in [1.165, 1.54) is 12.1 Å². The minimum absolute atomic E-state index is 0.0432. The van der Waals surface area contributed by atoms with Gasteiger partial charge < -0.3 is 20.2 Å². The smallest absolute Gasteiger partial charge is 0.253 e. The fourth-order valence-electron chi connectivity index (χ4n) is 2.33. The summed E-state index contributed by atoms with van der Waals surface area (Å²) in [5, 5.41) is 15.5. The van der Waals surface area contributed by atoms with Crippen LogP contribution in [0.15, 0.2) is 44.3 Å². The fraction of sp³-hybridized carbons (Fsp3) is 0.118. The summed E-state index contributed by atoms with van der Waals surface area (Å²) in [4.78, 5) is 34.4. The second kappa shape index (κ2) is 6.04. The molecule has 0 atom stereocenters. The van der Waals surface area contributed by atoms with Crippen molar-refractivity contribution in [2.45, 2.75) is 13.5 Å². The molecule has 0 aliphatic heterocycles. The van der Waals surface area contributed by atoms with Crippen molar-refractivity contribution < 1.29 is 14.3 Å². The van der Waals surface area contributed by atoms with Gasteiger partial charge in [0.15, 0.2) is 6.29 Å². The molecule has 2 aromatic carbocycles. The zero-order valence-electron chi connectivity index (χ0n) is 12.8. The molecule has 0 amide bonds. The van der Waals surface area contributed by atoms with E-state index >= 15 is 0 Å². The first kappa shape index (κ1) is 15.5. The second-order valence-electron chi connectivity index (χ2n) is 5.26. The zero-order chi connectivity index (χ0) is 17.3. The van der Waals surface area contributed by atoms with Crippen molar-refractivity contribution >= 4 is 23.3 Å². The highest BCUT2D eigenvalue weighted by molar-refractivity contribution is 5.87. The number of hydrogen-bond acceptors (Lipinski definition) is 7. The van der Waals surface area contributed by atoms with Crippen LogP contribution in [0.2, 0.25) is 0 Å². The molecular formula is C17H14N2O5. The van der Waals surface area contributed by atoms with Crippen LogP contribution in [0.3, 0.4) is 0 Å². The Hall–Kier alpha value is -3.35. The Balaban J connectivity index is 1.82. The molecule has 3 rings (SSSR count). The fourth-order valence-corrected chi connectivity index (χ4v) is 2.33. The summed E-state index contributed by atoms with van der Waals surface area (Å²) in [6, 6.07) is 8.05. The van der Waals surface area contributed by atoms with Gasteiger partial charge in [0, 0.05) is 0 Å². The topological polar surface area (TPSA) is 109 Å². The third-order valence-corrected chi connectivity index (χ3v) is 3.60. The molecule has 7 heteroatoms. The van der Waals surface area contributed by atoms with Gasteiger partial charge in [-0.1, -0.05) is 6.07 Å². The van der Waals surface area contributed by atoms with Crippen LogP contribution in [0, 0.1) is 6.92 Å². The standard InChI is InChI=1S/C17H14N2O5/c1-9-5-6-11(24-9)7-18-13-14(17(23)16(13)22)19-12-4-2-3-10(8-20)15(12)21/h2-6,8,18-19,21H,7H2,1H3. The molecule has 0 spiro atoms. The highest BCUT2D eigenvalue weighted by Gasteiger charge is 2.22. The minimum Gasteiger partial charge on any atom is -0.505 e. The number of para-hydroxylation sites is 1. The van der Waals surface area contributed by atoms with Crippen LogP contribution in [-0.4, -0.2) is 11.4 Å². The number of carbonyl (C=O) groups excluding carboxylic acids is 1. The number of phenols is 1. The molecule has 24 heavy (non-hydrogen) atoms. The molecule has 0 aliphatic rings. The molecule has 3 aromatic rings. The highest BCUT2D eigenvalue weighted by atomic mass is 16.3. The van der Waals surface area contributed by atoms with Crippen LogP contribution in [0.25, 0.3) is 0 Å². The largest absolute Gasteiger partial charge is 0.505 e. The molecular weight excluding hydrogens is 312 g/mol. The number of carbonyl (C=O) groups is 1. The summed E-state index contributed by atoms with van der Waals surface area (Å²) in [6.07, 6.45) is 0.501. The van der Waals surface area contributed by atoms with Gasteiger partial charge in [-0.3, -0.25) is 14.4 Å². The van der Waals surface area contributed by atoms with E-state index in [0.717, 1.165) is 5.76 Å². The van der Waals surface area contributed by atoms with Crippen molar-refractivity contribution in [2.75, 3.05) is 10.6 Å². The van der Waals surface area contributed by atoms with E-state index in [1.807, 2.05) is 0 Å². The van der Waals surface area contributed by atoms with Gasteiger partial charge in [0.1, 0.15) is 28.6 Å². The lowest BCUT2D eigenvalue weighted by molar-refractivity contribution is 0.112. The summed E-state index contributed by atoms with van der Waals surface area (Å²) in [5.41, 5.74) is -0.926. The number of aldehydes is 1. The average Bonchev–Trinajstić information content (AvgIpc) is 3.00. The van der Waals surface area contributed by atoms with Gasteiger partial charge >= 0.3 is 0 Å². The van der Waals surface area contributed by atoms with Gasteiger partial charge in [-0.25, -0.2) is 0 Å². The van der Waals surface area contributed by atoms with Crippen LogP contribution in [-0.2, 0) is 6.54 Å². The number of furan rings is 1. The average molecular weight is 326 g/mol. The number of aryl methyl sites for hydroxylation is 1. The first-order valence-corrected chi connectivity index (χ1v) is 7.18. The molecule has 0 radical (unpaired) electrons. The predicted molar refractivity (Wildman–Crippen MR) is 88.9 cm³/mol. The summed E-state index contributed by atoms with van der Waals surface area (Å²) in [7, 11) is 0. The van der Waals surface area contributed by atoms with Gasteiger partial charge in [0.2, 0.25) is 0 Å². The van der Waals surface area contributed by atoms with Crippen LogP contribution >= 0.6 is 0 Å². The number of nitrogens with one attached hydrogen (secondary N) is 2. The Morgan fingerprint density at radius 3 is 2.54 bits per heavy atom. The molecule has 0 aliphatic carbocycles. The van der Waals surface area contributed by atoms with Crippen molar-refractivity contribution in [3.05, 3.63) is 67.9 Å². The third-order valence-electron chi connectivity index (χ3n) is 3.60. The summed E-state index contributed by atoms with van der Waals surface area (Å²) >= 11 is 0. The molecule has 3 N–H and O–H groups in total. The predicted octanol–water partition coefficient (Wildman–Crippen LogP) is 2.06. The maximum Gasteiger partial charge on any atom is 0.253 e. The van der Waals surface area contributed by atoms with E-state index < -0.39 is 10.9 Å². The quantitative estimate of drug-likeness (QED) is 0.361. The second-order valence-corrected chi connectivity index (χ2v) is 5.26. The van der Waals surface area contributed by atoms with Crippen LogP contribution in [0.5, 0.6) is 5.75 Å². The van der Waals surface area contributed by atoms with Crippen molar-refractivity contribution in [2.24, 2.45) is 0 Å². The molecule has 122 valence electrons.